The third-order valence-corrected chi connectivity index (χ3v) is 3.89. The Bertz CT molecular complexity index is 973. The van der Waals surface area contributed by atoms with Gasteiger partial charge in [-0.25, -0.2) is 9.97 Å². The van der Waals surface area contributed by atoms with Crippen molar-refractivity contribution in [2.45, 2.75) is 19.9 Å². The Balaban J connectivity index is 0.00000243. The van der Waals surface area contributed by atoms with E-state index in [1.165, 1.54) is 4.57 Å². The fraction of sp³-hybridized carbons (Fsp3) is 0.278. The Morgan fingerprint density at radius 1 is 1.27 bits per heavy atom. The second-order valence-corrected chi connectivity index (χ2v) is 6.12. The van der Waals surface area contributed by atoms with Gasteiger partial charge in [0.05, 0.1) is 12.0 Å². The van der Waals surface area contributed by atoms with E-state index in [2.05, 4.69) is 20.6 Å². The van der Waals surface area contributed by atoms with Crippen molar-refractivity contribution in [1.82, 2.24) is 14.5 Å². The standard InChI is InChI=1S/C18H21N5O2.H2S/c1-11-4-6-19-14(8-11)21-15-9-13-5-7-23(3)18(25)16(13)17(22-15)20-12(2)10-24;/h4-9,12,24H,10H2,1-3H3,(H2,19,20,21,22);1H2/t12-;/m0./s1. The molecule has 8 heteroatoms. The van der Waals surface area contributed by atoms with Gasteiger partial charge in [0.2, 0.25) is 0 Å². The van der Waals surface area contributed by atoms with Crippen molar-refractivity contribution >= 4 is 41.7 Å². The number of aliphatic hydroxyl groups excluding tert-OH is 1. The monoisotopic (exact) mass is 373 g/mol. The lowest BCUT2D eigenvalue weighted by Gasteiger charge is -2.16. The Hall–Kier alpha value is -2.58. The number of nitrogens with zero attached hydrogens (tertiary/aromatic N) is 3. The van der Waals surface area contributed by atoms with Gasteiger partial charge in [0.15, 0.2) is 0 Å². The molecule has 0 aliphatic carbocycles. The van der Waals surface area contributed by atoms with Crippen LogP contribution < -0.4 is 16.2 Å². The van der Waals surface area contributed by atoms with Crippen LogP contribution in [0.5, 0.6) is 0 Å². The molecule has 0 radical (unpaired) electrons. The van der Waals surface area contributed by atoms with Crippen molar-refractivity contribution in [3.63, 3.8) is 0 Å². The molecule has 0 aliphatic heterocycles. The van der Waals surface area contributed by atoms with Gasteiger partial charge in [0, 0.05) is 25.5 Å². The second-order valence-electron chi connectivity index (χ2n) is 6.12. The van der Waals surface area contributed by atoms with Gasteiger partial charge in [-0.05, 0) is 49.1 Å². The fourth-order valence-electron chi connectivity index (χ4n) is 2.54. The number of aliphatic hydroxyl groups is 1. The van der Waals surface area contributed by atoms with Gasteiger partial charge in [-0.1, -0.05) is 0 Å². The summed E-state index contributed by atoms with van der Waals surface area (Å²) in [5, 5.41) is 16.9. The molecule has 0 saturated carbocycles. The molecule has 3 aromatic rings. The third kappa shape index (κ3) is 4.14. The van der Waals surface area contributed by atoms with E-state index in [0.29, 0.717) is 22.8 Å². The van der Waals surface area contributed by atoms with Gasteiger partial charge in [0.25, 0.3) is 5.56 Å². The zero-order valence-electron chi connectivity index (χ0n) is 14.9. The molecule has 0 bridgehead atoms. The van der Waals surface area contributed by atoms with Crippen LogP contribution in [0.3, 0.4) is 0 Å². The van der Waals surface area contributed by atoms with Crippen LogP contribution in [-0.4, -0.2) is 32.3 Å². The zero-order valence-corrected chi connectivity index (χ0v) is 15.9. The first-order valence-electron chi connectivity index (χ1n) is 8.05. The number of hydrogen-bond donors (Lipinski definition) is 3. The van der Waals surface area contributed by atoms with Crippen molar-refractivity contribution in [2.75, 3.05) is 17.2 Å². The number of rotatable bonds is 5. The van der Waals surface area contributed by atoms with Crippen LogP contribution in [0, 0.1) is 6.92 Å². The van der Waals surface area contributed by atoms with Crippen molar-refractivity contribution in [3.8, 4) is 0 Å². The number of nitrogens with one attached hydrogen (secondary N) is 2. The first-order valence-corrected chi connectivity index (χ1v) is 8.05. The lowest BCUT2D eigenvalue weighted by atomic mass is 10.2. The molecule has 7 nitrogen and oxygen atoms in total. The average molecular weight is 373 g/mol. The maximum Gasteiger partial charge on any atom is 0.261 e. The fourth-order valence-corrected chi connectivity index (χ4v) is 2.54. The lowest BCUT2D eigenvalue weighted by molar-refractivity contribution is 0.281. The van der Waals surface area contributed by atoms with E-state index in [4.69, 9.17) is 0 Å². The van der Waals surface area contributed by atoms with Crippen molar-refractivity contribution in [1.29, 1.82) is 0 Å². The van der Waals surface area contributed by atoms with E-state index in [0.717, 1.165) is 10.9 Å². The highest BCUT2D eigenvalue weighted by Crippen LogP contribution is 2.24. The van der Waals surface area contributed by atoms with Crippen LogP contribution in [0.15, 0.2) is 41.5 Å². The van der Waals surface area contributed by atoms with Crippen molar-refractivity contribution in [2.24, 2.45) is 7.05 Å². The molecule has 0 unspecified atom stereocenters. The molecule has 3 N–H and O–H groups in total. The van der Waals surface area contributed by atoms with E-state index < -0.39 is 0 Å². The van der Waals surface area contributed by atoms with Crippen LogP contribution in [0.4, 0.5) is 17.5 Å². The molecule has 3 heterocycles. The molecule has 0 saturated heterocycles. The van der Waals surface area contributed by atoms with Gasteiger partial charge in [0.1, 0.15) is 17.5 Å². The summed E-state index contributed by atoms with van der Waals surface area (Å²) < 4.78 is 1.51. The van der Waals surface area contributed by atoms with E-state index in [-0.39, 0.29) is 31.7 Å². The van der Waals surface area contributed by atoms with Gasteiger partial charge < -0.3 is 20.3 Å². The molecule has 3 aromatic heterocycles. The normalized spacial score (nSPS) is 11.7. The number of aromatic nitrogens is 3. The van der Waals surface area contributed by atoms with Crippen LogP contribution in [0.25, 0.3) is 10.8 Å². The smallest absolute Gasteiger partial charge is 0.261 e. The summed E-state index contributed by atoms with van der Waals surface area (Å²) in [6.45, 7) is 3.75. The first-order chi connectivity index (χ1) is 12.0. The van der Waals surface area contributed by atoms with Crippen LogP contribution in [0.2, 0.25) is 0 Å². The Kier molecular flexibility index (Phi) is 6.23. The van der Waals surface area contributed by atoms with E-state index in [1.54, 1.807) is 19.4 Å². The minimum atomic E-state index is -0.229. The average Bonchev–Trinajstić information content (AvgIpc) is 2.58. The van der Waals surface area contributed by atoms with E-state index >= 15 is 0 Å². The summed E-state index contributed by atoms with van der Waals surface area (Å²) >= 11 is 0. The number of anilines is 3. The summed E-state index contributed by atoms with van der Waals surface area (Å²) in [6.07, 6.45) is 3.44. The van der Waals surface area contributed by atoms with Gasteiger partial charge in [-0.2, -0.15) is 13.5 Å². The maximum absolute atomic E-state index is 12.5. The molecule has 138 valence electrons. The quantitative estimate of drug-likeness (QED) is 0.635. The summed E-state index contributed by atoms with van der Waals surface area (Å²) in [6, 6.07) is 7.28. The minimum absolute atomic E-state index is 0. The molecular formula is C18H23N5O2S. The summed E-state index contributed by atoms with van der Waals surface area (Å²) in [5.41, 5.74) is 0.942. The Morgan fingerprint density at radius 2 is 2.04 bits per heavy atom. The van der Waals surface area contributed by atoms with Gasteiger partial charge >= 0.3 is 0 Å². The molecule has 3 rings (SSSR count). The van der Waals surface area contributed by atoms with Crippen LogP contribution >= 0.6 is 13.5 Å². The molecule has 0 aliphatic rings. The van der Waals surface area contributed by atoms with E-state index in [1.807, 2.05) is 38.1 Å². The van der Waals surface area contributed by atoms with Crippen molar-refractivity contribution in [3.05, 3.63) is 52.6 Å². The van der Waals surface area contributed by atoms with E-state index in [9.17, 15) is 9.90 Å². The van der Waals surface area contributed by atoms with Crippen LogP contribution in [-0.2, 0) is 7.05 Å². The van der Waals surface area contributed by atoms with Gasteiger partial charge in [-0.15, -0.1) is 0 Å². The predicted octanol–water partition coefficient (Wildman–Crippen LogP) is 2.29. The topological polar surface area (TPSA) is 92.1 Å². The second kappa shape index (κ2) is 8.20. The molecule has 0 fully saturated rings. The summed E-state index contributed by atoms with van der Waals surface area (Å²) in [7, 11) is 1.70. The predicted molar refractivity (Wildman–Crippen MR) is 110 cm³/mol. The van der Waals surface area contributed by atoms with Crippen LogP contribution in [0.1, 0.15) is 12.5 Å². The number of hydrogen-bond acceptors (Lipinski definition) is 6. The lowest BCUT2D eigenvalue weighted by Crippen LogP contribution is -2.23. The highest BCUT2D eigenvalue weighted by molar-refractivity contribution is 7.59. The van der Waals surface area contributed by atoms with Gasteiger partial charge in [-0.3, -0.25) is 4.79 Å². The first kappa shape index (κ1) is 19.7. The molecule has 0 amide bonds. The molecule has 1 atom stereocenters. The number of aryl methyl sites for hydroxylation is 2. The highest BCUT2D eigenvalue weighted by Gasteiger charge is 2.13. The van der Waals surface area contributed by atoms with Crippen molar-refractivity contribution < 1.29 is 5.11 Å². The third-order valence-electron chi connectivity index (χ3n) is 3.89. The zero-order chi connectivity index (χ0) is 18.0. The number of fused-ring (bicyclic) bond motifs is 1. The Morgan fingerprint density at radius 3 is 2.73 bits per heavy atom. The largest absolute Gasteiger partial charge is 0.394 e. The highest BCUT2D eigenvalue weighted by atomic mass is 32.1. The molecule has 26 heavy (non-hydrogen) atoms. The number of pyridine rings is 3. The maximum atomic E-state index is 12.5. The summed E-state index contributed by atoms with van der Waals surface area (Å²) in [5.74, 6) is 1.69. The molecular weight excluding hydrogens is 350 g/mol. The Labute approximate surface area is 158 Å². The molecule has 0 spiro atoms. The SMILES string of the molecule is Cc1ccnc(Nc2cc3ccn(C)c(=O)c3c(N[C@@H](C)CO)n2)c1.S. The minimum Gasteiger partial charge on any atom is -0.394 e. The summed E-state index contributed by atoms with van der Waals surface area (Å²) in [4.78, 5) is 21.3. The molecule has 0 aromatic carbocycles.